The third-order valence-electron chi connectivity index (χ3n) is 4.52. The fourth-order valence-electron chi connectivity index (χ4n) is 3.26. The summed E-state index contributed by atoms with van der Waals surface area (Å²) in [4.78, 5) is 16.5. The number of hydrogen-bond donors (Lipinski definition) is 1. The van der Waals surface area contributed by atoms with Crippen LogP contribution in [0.25, 0.3) is 0 Å². The molecule has 6 heteroatoms. The highest BCUT2D eigenvalue weighted by molar-refractivity contribution is 5.95. The van der Waals surface area contributed by atoms with Crippen molar-refractivity contribution in [1.29, 1.82) is 0 Å². The van der Waals surface area contributed by atoms with Crippen molar-refractivity contribution >= 4 is 24.0 Å². The summed E-state index contributed by atoms with van der Waals surface area (Å²) < 4.78 is 12.7. The maximum Gasteiger partial charge on any atom is 0.253 e. The standard InChI is InChI=1S/C17H22FN3O.ClH/c18-10-13(11-19)12-21-8-5-14-9-15(3-4-16(14)21)17(22)20-6-1-2-7-20;/h3-4,9-10H,1-2,5-8,11-12,19H2;1H. The van der Waals surface area contributed by atoms with E-state index in [4.69, 9.17) is 5.73 Å². The van der Waals surface area contributed by atoms with Crippen LogP contribution in [0.5, 0.6) is 0 Å². The van der Waals surface area contributed by atoms with Crippen LogP contribution in [0.4, 0.5) is 10.1 Å². The van der Waals surface area contributed by atoms with Gasteiger partial charge < -0.3 is 15.5 Å². The zero-order chi connectivity index (χ0) is 15.5. The average Bonchev–Trinajstić information content (AvgIpc) is 3.21. The van der Waals surface area contributed by atoms with Gasteiger partial charge in [0.2, 0.25) is 0 Å². The molecule has 23 heavy (non-hydrogen) atoms. The molecule has 126 valence electrons. The maximum atomic E-state index is 12.7. The Morgan fingerprint density at radius 2 is 2.00 bits per heavy atom. The van der Waals surface area contributed by atoms with Gasteiger partial charge in [-0.3, -0.25) is 4.79 Å². The van der Waals surface area contributed by atoms with Gasteiger partial charge in [-0.15, -0.1) is 12.4 Å². The number of nitrogens with two attached hydrogens (primary N) is 1. The van der Waals surface area contributed by atoms with E-state index in [0.29, 0.717) is 18.4 Å². The third-order valence-corrected chi connectivity index (χ3v) is 4.52. The molecule has 1 fully saturated rings. The number of amides is 1. The van der Waals surface area contributed by atoms with E-state index in [9.17, 15) is 9.18 Å². The number of carbonyl (C=O) groups is 1. The van der Waals surface area contributed by atoms with Gasteiger partial charge in [0.1, 0.15) is 0 Å². The molecule has 0 atom stereocenters. The van der Waals surface area contributed by atoms with E-state index in [1.165, 1.54) is 5.56 Å². The number of benzene rings is 1. The topological polar surface area (TPSA) is 49.6 Å². The molecule has 2 aliphatic heterocycles. The molecule has 0 bridgehead atoms. The molecular formula is C17H23ClFN3O. The number of likely N-dealkylation sites (tertiary alicyclic amines) is 1. The van der Waals surface area contributed by atoms with Gasteiger partial charge in [-0.25, -0.2) is 4.39 Å². The van der Waals surface area contributed by atoms with E-state index in [2.05, 4.69) is 4.90 Å². The summed E-state index contributed by atoms with van der Waals surface area (Å²) in [5, 5.41) is 0. The molecule has 0 radical (unpaired) electrons. The van der Waals surface area contributed by atoms with Gasteiger partial charge in [0, 0.05) is 44.0 Å². The molecule has 0 saturated carbocycles. The molecule has 0 aromatic heterocycles. The van der Waals surface area contributed by atoms with Crippen molar-refractivity contribution in [2.75, 3.05) is 37.6 Å². The Balaban J connectivity index is 0.00000192. The Kier molecular flexibility index (Phi) is 6.02. The predicted molar refractivity (Wildman–Crippen MR) is 93.0 cm³/mol. The first kappa shape index (κ1) is 17.8. The van der Waals surface area contributed by atoms with Gasteiger partial charge in [0.15, 0.2) is 0 Å². The number of rotatable bonds is 4. The highest BCUT2D eigenvalue weighted by Crippen LogP contribution is 2.30. The quantitative estimate of drug-likeness (QED) is 0.917. The second-order valence-corrected chi connectivity index (χ2v) is 5.99. The maximum absolute atomic E-state index is 12.7. The van der Waals surface area contributed by atoms with Crippen LogP contribution in [0.3, 0.4) is 0 Å². The Labute approximate surface area is 142 Å². The summed E-state index contributed by atoms with van der Waals surface area (Å²) in [6, 6.07) is 5.87. The molecule has 1 aromatic rings. The molecule has 3 rings (SSSR count). The number of nitrogens with zero attached hydrogens (tertiary/aromatic N) is 2. The van der Waals surface area contributed by atoms with E-state index in [0.717, 1.165) is 50.1 Å². The van der Waals surface area contributed by atoms with E-state index in [1.54, 1.807) is 0 Å². The first-order valence-corrected chi connectivity index (χ1v) is 7.88. The van der Waals surface area contributed by atoms with Crippen LogP contribution in [0.15, 0.2) is 30.1 Å². The molecule has 2 heterocycles. The van der Waals surface area contributed by atoms with Crippen LogP contribution in [-0.4, -0.2) is 43.5 Å². The Morgan fingerprint density at radius 1 is 1.26 bits per heavy atom. The van der Waals surface area contributed by atoms with Crippen LogP contribution in [0.2, 0.25) is 0 Å². The van der Waals surface area contributed by atoms with E-state index >= 15 is 0 Å². The molecular weight excluding hydrogens is 317 g/mol. The number of anilines is 1. The van der Waals surface area contributed by atoms with Gasteiger partial charge in [0.05, 0.1) is 6.33 Å². The van der Waals surface area contributed by atoms with Crippen molar-refractivity contribution in [1.82, 2.24) is 4.90 Å². The lowest BCUT2D eigenvalue weighted by Crippen LogP contribution is -2.27. The fourth-order valence-corrected chi connectivity index (χ4v) is 3.26. The minimum atomic E-state index is 0. The molecule has 0 aliphatic carbocycles. The summed E-state index contributed by atoms with van der Waals surface area (Å²) in [6.07, 6.45) is 3.69. The molecule has 2 N–H and O–H groups in total. The molecule has 1 amide bonds. The van der Waals surface area contributed by atoms with Crippen LogP contribution in [-0.2, 0) is 6.42 Å². The summed E-state index contributed by atoms with van der Waals surface area (Å²) >= 11 is 0. The minimum Gasteiger partial charge on any atom is -0.367 e. The Hall–Kier alpha value is -1.59. The highest BCUT2D eigenvalue weighted by Gasteiger charge is 2.24. The van der Waals surface area contributed by atoms with Gasteiger partial charge >= 0.3 is 0 Å². The molecule has 2 aliphatic rings. The SMILES string of the molecule is Cl.NCC(=CF)CN1CCc2cc(C(=O)N3CCCC3)ccc21. The van der Waals surface area contributed by atoms with Crippen molar-refractivity contribution in [3.63, 3.8) is 0 Å². The molecule has 1 aromatic carbocycles. The highest BCUT2D eigenvalue weighted by atomic mass is 35.5. The first-order chi connectivity index (χ1) is 10.7. The van der Waals surface area contributed by atoms with Crippen molar-refractivity contribution < 1.29 is 9.18 Å². The zero-order valence-electron chi connectivity index (χ0n) is 13.1. The van der Waals surface area contributed by atoms with Crippen LogP contribution >= 0.6 is 12.4 Å². The monoisotopic (exact) mass is 339 g/mol. The van der Waals surface area contributed by atoms with Crippen LogP contribution < -0.4 is 10.6 Å². The number of fused-ring (bicyclic) bond motifs is 1. The second kappa shape index (κ2) is 7.79. The predicted octanol–water partition coefficient (Wildman–Crippen LogP) is 2.52. The van der Waals surface area contributed by atoms with Gasteiger partial charge in [-0.05, 0) is 48.6 Å². The minimum absolute atomic E-state index is 0. The molecule has 1 saturated heterocycles. The summed E-state index contributed by atoms with van der Waals surface area (Å²) in [6.45, 7) is 3.31. The summed E-state index contributed by atoms with van der Waals surface area (Å²) in [7, 11) is 0. The third kappa shape index (κ3) is 3.67. The van der Waals surface area contributed by atoms with Crippen molar-refractivity contribution in [2.24, 2.45) is 5.73 Å². The van der Waals surface area contributed by atoms with E-state index in [1.807, 2.05) is 23.1 Å². The number of hydrogen-bond acceptors (Lipinski definition) is 3. The van der Waals surface area contributed by atoms with Crippen LogP contribution in [0.1, 0.15) is 28.8 Å². The van der Waals surface area contributed by atoms with Crippen LogP contribution in [0, 0.1) is 0 Å². The van der Waals surface area contributed by atoms with Gasteiger partial charge in [0.25, 0.3) is 5.91 Å². The second-order valence-electron chi connectivity index (χ2n) is 5.99. The number of halogens is 2. The van der Waals surface area contributed by atoms with Crippen molar-refractivity contribution in [3.8, 4) is 0 Å². The fraction of sp³-hybridized carbons (Fsp3) is 0.471. The lowest BCUT2D eigenvalue weighted by Gasteiger charge is -2.21. The molecule has 0 unspecified atom stereocenters. The lowest BCUT2D eigenvalue weighted by molar-refractivity contribution is 0.0793. The molecule has 0 spiro atoms. The lowest BCUT2D eigenvalue weighted by atomic mass is 10.1. The first-order valence-electron chi connectivity index (χ1n) is 7.88. The largest absolute Gasteiger partial charge is 0.367 e. The van der Waals surface area contributed by atoms with Gasteiger partial charge in [-0.1, -0.05) is 0 Å². The zero-order valence-corrected chi connectivity index (χ0v) is 13.9. The average molecular weight is 340 g/mol. The smallest absolute Gasteiger partial charge is 0.253 e. The van der Waals surface area contributed by atoms with Crippen molar-refractivity contribution in [3.05, 3.63) is 41.2 Å². The Bertz CT molecular complexity index is 600. The summed E-state index contributed by atoms with van der Waals surface area (Å²) in [5.41, 5.74) is 9.14. The molecule has 4 nitrogen and oxygen atoms in total. The van der Waals surface area contributed by atoms with Gasteiger partial charge in [-0.2, -0.15) is 0 Å². The van der Waals surface area contributed by atoms with Crippen molar-refractivity contribution in [2.45, 2.75) is 19.3 Å². The Morgan fingerprint density at radius 3 is 2.65 bits per heavy atom. The van der Waals surface area contributed by atoms with E-state index < -0.39 is 0 Å². The number of carbonyl (C=O) groups excluding carboxylic acids is 1. The van der Waals surface area contributed by atoms with E-state index in [-0.39, 0.29) is 24.9 Å². The normalized spacial score (nSPS) is 17.2. The summed E-state index contributed by atoms with van der Waals surface area (Å²) in [5.74, 6) is 0.130.